The lowest BCUT2D eigenvalue weighted by Crippen LogP contribution is -2.30. The van der Waals surface area contributed by atoms with Crippen molar-refractivity contribution in [3.05, 3.63) is 20.3 Å². The zero-order chi connectivity index (χ0) is 14.2. The first-order valence-electron chi connectivity index (χ1n) is 6.23. The van der Waals surface area contributed by atoms with Crippen molar-refractivity contribution < 1.29 is 14.7 Å². The Morgan fingerprint density at radius 1 is 1.63 bits per heavy atom. The molecule has 0 bridgehead atoms. The van der Waals surface area contributed by atoms with Crippen LogP contribution in [0.5, 0.6) is 0 Å². The predicted octanol–water partition coefficient (Wildman–Crippen LogP) is 3.20. The van der Waals surface area contributed by atoms with Crippen LogP contribution in [-0.4, -0.2) is 28.4 Å². The Kier molecular flexibility index (Phi) is 4.30. The van der Waals surface area contributed by atoms with Crippen molar-refractivity contribution in [2.45, 2.75) is 32.7 Å². The summed E-state index contributed by atoms with van der Waals surface area (Å²) in [5.74, 6) is -1.58. The van der Waals surface area contributed by atoms with E-state index in [2.05, 4.69) is 15.9 Å². The molecule has 2 atom stereocenters. The average molecular weight is 346 g/mol. The van der Waals surface area contributed by atoms with E-state index in [-0.39, 0.29) is 18.4 Å². The van der Waals surface area contributed by atoms with Crippen LogP contribution in [0.25, 0.3) is 0 Å². The largest absolute Gasteiger partial charge is 0.481 e. The summed E-state index contributed by atoms with van der Waals surface area (Å²) in [4.78, 5) is 27.2. The number of carboxylic acids is 1. The van der Waals surface area contributed by atoms with E-state index in [0.717, 1.165) is 20.6 Å². The Morgan fingerprint density at radius 2 is 2.32 bits per heavy atom. The van der Waals surface area contributed by atoms with Crippen LogP contribution in [0.1, 0.15) is 35.6 Å². The molecular weight excluding hydrogens is 330 g/mol. The maximum Gasteiger partial charge on any atom is 0.309 e. The van der Waals surface area contributed by atoms with E-state index in [1.807, 2.05) is 19.9 Å². The molecule has 2 rings (SSSR count). The van der Waals surface area contributed by atoms with Crippen LogP contribution >= 0.6 is 27.3 Å². The van der Waals surface area contributed by atoms with Gasteiger partial charge in [-0.25, -0.2) is 0 Å². The first-order chi connectivity index (χ1) is 8.95. The molecule has 0 radical (unpaired) electrons. The molecule has 4 nitrogen and oxygen atoms in total. The summed E-state index contributed by atoms with van der Waals surface area (Å²) in [6.45, 7) is 4.59. The van der Waals surface area contributed by atoms with Gasteiger partial charge in [0, 0.05) is 27.2 Å². The number of carboxylic acid groups (broad SMARTS) is 1. The molecule has 1 fully saturated rings. The summed E-state index contributed by atoms with van der Waals surface area (Å²) >= 11 is 5.01. The zero-order valence-corrected chi connectivity index (χ0v) is 13.3. The lowest BCUT2D eigenvalue weighted by atomic mass is 9.99. The Bertz CT molecular complexity index is 494. The van der Waals surface area contributed by atoms with Crippen LogP contribution in [0.15, 0.2) is 10.5 Å². The third kappa shape index (κ3) is 2.69. The molecule has 1 aromatic heterocycles. The fraction of sp³-hybridized carbons (Fsp3) is 0.538. The van der Waals surface area contributed by atoms with Gasteiger partial charge in [0.2, 0.25) is 5.91 Å². The lowest BCUT2D eigenvalue weighted by Gasteiger charge is -2.25. The Labute approximate surface area is 124 Å². The molecule has 104 valence electrons. The Balaban J connectivity index is 2.40. The monoisotopic (exact) mass is 345 g/mol. The van der Waals surface area contributed by atoms with Gasteiger partial charge in [0.25, 0.3) is 0 Å². The van der Waals surface area contributed by atoms with Gasteiger partial charge >= 0.3 is 5.97 Å². The minimum absolute atomic E-state index is 0.0542. The number of aryl methyl sites for hydroxylation is 1. The molecule has 6 heteroatoms. The van der Waals surface area contributed by atoms with Crippen LogP contribution in [0.4, 0.5) is 0 Å². The predicted molar refractivity (Wildman–Crippen MR) is 77.2 cm³/mol. The third-order valence-corrected chi connectivity index (χ3v) is 5.59. The SMILES string of the molecule is CCCN1C(=O)CC(C(=O)O)C1c1cc(Br)c(C)s1. The lowest BCUT2D eigenvalue weighted by molar-refractivity contribution is -0.142. The molecule has 19 heavy (non-hydrogen) atoms. The first-order valence-corrected chi connectivity index (χ1v) is 7.84. The molecular formula is C13H16BrNO3S. The van der Waals surface area contributed by atoms with E-state index >= 15 is 0 Å². The highest BCUT2D eigenvalue weighted by Crippen LogP contribution is 2.43. The number of likely N-dealkylation sites (tertiary alicyclic amines) is 1. The number of amides is 1. The average Bonchev–Trinajstić information content (AvgIpc) is 2.82. The molecule has 0 aromatic carbocycles. The summed E-state index contributed by atoms with van der Waals surface area (Å²) < 4.78 is 0.979. The molecule has 2 heterocycles. The van der Waals surface area contributed by atoms with Crippen LogP contribution in [0.3, 0.4) is 0 Å². The number of rotatable bonds is 4. The number of halogens is 1. The van der Waals surface area contributed by atoms with Crippen LogP contribution in [-0.2, 0) is 9.59 Å². The van der Waals surface area contributed by atoms with Gasteiger partial charge in [-0.1, -0.05) is 6.92 Å². The van der Waals surface area contributed by atoms with Gasteiger partial charge in [-0.2, -0.15) is 0 Å². The number of thiophene rings is 1. The Morgan fingerprint density at radius 3 is 2.79 bits per heavy atom. The van der Waals surface area contributed by atoms with Crippen molar-refractivity contribution >= 4 is 39.1 Å². The van der Waals surface area contributed by atoms with E-state index in [0.29, 0.717) is 6.54 Å². The van der Waals surface area contributed by atoms with Crippen molar-refractivity contribution in [1.82, 2.24) is 4.90 Å². The van der Waals surface area contributed by atoms with Gasteiger partial charge in [0.1, 0.15) is 0 Å². The first kappa shape index (κ1) is 14.5. The molecule has 1 aromatic rings. The van der Waals surface area contributed by atoms with Crippen LogP contribution in [0, 0.1) is 12.8 Å². The molecule has 1 saturated heterocycles. The minimum atomic E-state index is -0.890. The number of hydrogen-bond donors (Lipinski definition) is 1. The van der Waals surface area contributed by atoms with E-state index in [1.54, 1.807) is 16.2 Å². The summed E-state index contributed by atoms with van der Waals surface area (Å²) in [6.07, 6.45) is 0.939. The second-order valence-corrected chi connectivity index (χ2v) is 6.88. The van der Waals surface area contributed by atoms with Crippen molar-refractivity contribution in [3.8, 4) is 0 Å². The van der Waals surface area contributed by atoms with Crippen LogP contribution in [0.2, 0.25) is 0 Å². The number of nitrogens with zero attached hydrogens (tertiary/aromatic N) is 1. The quantitative estimate of drug-likeness (QED) is 0.911. The van der Waals surface area contributed by atoms with Crippen molar-refractivity contribution in [2.24, 2.45) is 5.92 Å². The van der Waals surface area contributed by atoms with Gasteiger partial charge in [-0.3, -0.25) is 9.59 Å². The number of hydrogen-bond acceptors (Lipinski definition) is 3. The second-order valence-electron chi connectivity index (χ2n) is 4.73. The van der Waals surface area contributed by atoms with Crippen LogP contribution < -0.4 is 0 Å². The highest BCUT2D eigenvalue weighted by molar-refractivity contribution is 9.10. The molecule has 0 aliphatic carbocycles. The molecule has 0 spiro atoms. The fourth-order valence-electron chi connectivity index (χ4n) is 2.50. The minimum Gasteiger partial charge on any atom is -0.481 e. The van der Waals surface area contributed by atoms with Crippen molar-refractivity contribution in [2.75, 3.05) is 6.54 Å². The topological polar surface area (TPSA) is 57.6 Å². The van der Waals surface area contributed by atoms with Gasteiger partial charge < -0.3 is 10.0 Å². The standard InChI is InChI=1S/C13H16BrNO3S/c1-3-4-15-11(16)5-8(13(17)18)12(15)10-6-9(14)7(2)19-10/h6,8,12H,3-5H2,1-2H3,(H,17,18). The van der Waals surface area contributed by atoms with Gasteiger partial charge in [-0.05, 0) is 35.3 Å². The summed E-state index contributed by atoms with van der Waals surface area (Å²) in [7, 11) is 0. The zero-order valence-electron chi connectivity index (χ0n) is 10.9. The summed E-state index contributed by atoms with van der Waals surface area (Å²) in [6, 6.07) is 1.63. The number of carbonyl (C=O) groups is 2. The smallest absolute Gasteiger partial charge is 0.309 e. The molecule has 0 saturated carbocycles. The molecule has 1 N–H and O–H groups in total. The molecule has 1 amide bonds. The molecule has 1 aliphatic heterocycles. The normalized spacial score (nSPS) is 23.1. The third-order valence-electron chi connectivity index (χ3n) is 3.38. The van der Waals surface area contributed by atoms with Crippen molar-refractivity contribution in [1.29, 1.82) is 0 Å². The number of carbonyl (C=O) groups excluding carboxylic acids is 1. The van der Waals surface area contributed by atoms with E-state index in [9.17, 15) is 14.7 Å². The van der Waals surface area contributed by atoms with E-state index in [4.69, 9.17) is 0 Å². The second kappa shape index (κ2) is 5.63. The van der Waals surface area contributed by atoms with E-state index in [1.165, 1.54) is 0 Å². The van der Waals surface area contributed by atoms with Crippen molar-refractivity contribution in [3.63, 3.8) is 0 Å². The fourth-order valence-corrected chi connectivity index (χ4v) is 4.24. The summed E-state index contributed by atoms with van der Waals surface area (Å²) in [5.41, 5.74) is 0. The van der Waals surface area contributed by atoms with Gasteiger partial charge in [0.05, 0.1) is 12.0 Å². The highest BCUT2D eigenvalue weighted by atomic mass is 79.9. The molecule has 2 unspecified atom stereocenters. The highest BCUT2D eigenvalue weighted by Gasteiger charge is 2.44. The maximum absolute atomic E-state index is 12.0. The van der Waals surface area contributed by atoms with Gasteiger partial charge in [0.15, 0.2) is 0 Å². The number of aliphatic carboxylic acids is 1. The van der Waals surface area contributed by atoms with Gasteiger partial charge in [-0.15, -0.1) is 11.3 Å². The summed E-state index contributed by atoms with van der Waals surface area (Å²) in [5, 5.41) is 9.34. The molecule has 1 aliphatic rings. The van der Waals surface area contributed by atoms with E-state index < -0.39 is 11.9 Å². The maximum atomic E-state index is 12.0. The Hall–Kier alpha value is -0.880.